The lowest BCUT2D eigenvalue weighted by molar-refractivity contribution is -0.138. The summed E-state index contributed by atoms with van der Waals surface area (Å²) in [5, 5.41) is 10.4. The molecule has 0 aliphatic rings. The number of benzene rings is 1. The highest BCUT2D eigenvalue weighted by Crippen LogP contribution is 2.36. The van der Waals surface area contributed by atoms with E-state index in [0.29, 0.717) is 6.42 Å². The van der Waals surface area contributed by atoms with Crippen LogP contribution in [-0.4, -0.2) is 11.1 Å². The Balaban J connectivity index is 2.60. The van der Waals surface area contributed by atoms with Crippen LogP contribution in [0.25, 0.3) is 10.1 Å². The summed E-state index contributed by atoms with van der Waals surface area (Å²) >= 11 is 1.60. The van der Waals surface area contributed by atoms with Gasteiger partial charge in [0.1, 0.15) is 0 Å². The standard InChI is InChI=1S/C13H14O2S/c1-3-9(13(14)15)12-8(2)10-6-4-5-7-11(10)16-12/h4-7,9H,3H2,1-2H3,(H,14,15). The first-order chi connectivity index (χ1) is 7.65. The second-order valence-electron chi connectivity index (χ2n) is 3.89. The van der Waals surface area contributed by atoms with E-state index < -0.39 is 5.97 Å². The van der Waals surface area contributed by atoms with Gasteiger partial charge < -0.3 is 5.11 Å². The van der Waals surface area contributed by atoms with Crippen LogP contribution in [-0.2, 0) is 4.79 Å². The first-order valence-electron chi connectivity index (χ1n) is 5.36. The summed E-state index contributed by atoms with van der Waals surface area (Å²) in [7, 11) is 0. The SMILES string of the molecule is CCC(C(=O)O)c1sc2ccccc2c1C. The maximum Gasteiger partial charge on any atom is 0.311 e. The van der Waals surface area contributed by atoms with Crippen LogP contribution in [0.4, 0.5) is 0 Å². The van der Waals surface area contributed by atoms with Gasteiger partial charge in [0.2, 0.25) is 0 Å². The van der Waals surface area contributed by atoms with Gasteiger partial charge >= 0.3 is 5.97 Å². The molecule has 84 valence electrons. The van der Waals surface area contributed by atoms with E-state index in [4.69, 9.17) is 0 Å². The van der Waals surface area contributed by atoms with Crippen molar-refractivity contribution < 1.29 is 9.90 Å². The molecule has 0 bridgehead atoms. The molecule has 1 aromatic carbocycles. The van der Waals surface area contributed by atoms with Gasteiger partial charge in [-0.25, -0.2) is 0 Å². The summed E-state index contributed by atoms with van der Waals surface area (Å²) in [4.78, 5) is 12.2. The highest BCUT2D eigenvalue weighted by Gasteiger charge is 2.22. The predicted octanol–water partition coefficient (Wildman–Crippen LogP) is 3.79. The topological polar surface area (TPSA) is 37.3 Å². The Morgan fingerprint density at radius 3 is 2.69 bits per heavy atom. The molecule has 0 radical (unpaired) electrons. The van der Waals surface area contributed by atoms with E-state index in [1.54, 1.807) is 11.3 Å². The zero-order chi connectivity index (χ0) is 11.7. The molecule has 1 atom stereocenters. The number of rotatable bonds is 3. The number of aryl methyl sites for hydroxylation is 1. The molecule has 0 aliphatic heterocycles. The van der Waals surface area contributed by atoms with Gasteiger partial charge in [-0.15, -0.1) is 11.3 Å². The summed E-state index contributed by atoms with van der Waals surface area (Å²) in [6, 6.07) is 8.08. The van der Waals surface area contributed by atoms with Crippen molar-refractivity contribution in [3.8, 4) is 0 Å². The maximum atomic E-state index is 11.2. The molecular formula is C13H14O2S. The Morgan fingerprint density at radius 2 is 2.12 bits per heavy atom. The molecule has 0 aliphatic carbocycles. The van der Waals surface area contributed by atoms with Gasteiger partial charge in [-0.1, -0.05) is 25.1 Å². The number of thiophene rings is 1. The largest absolute Gasteiger partial charge is 0.481 e. The van der Waals surface area contributed by atoms with Crippen LogP contribution in [0.5, 0.6) is 0 Å². The highest BCUT2D eigenvalue weighted by molar-refractivity contribution is 7.19. The Kier molecular flexibility index (Phi) is 2.97. The number of aliphatic carboxylic acids is 1. The quantitative estimate of drug-likeness (QED) is 0.877. The molecule has 0 fully saturated rings. The van der Waals surface area contributed by atoms with Crippen molar-refractivity contribution in [2.24, 2.45) is 0 Å². The summed E-state index contributed by atoms with van der Waals surface area (Å²) in [5.41, 5.74) is 1.12. The van der Waals surface area contributed by atoms with Crippen LogP contribution in [0.3, 0.4) is 0 Å². The Bertz CT molecular complexity index is 528. The molecule has 1 aromatic heterocycles. The van der Waals surface area contributed by atoms with Crippen LogP contribution in [0.2, 0.25) is 0 Å². The lowest BCUT2D eigenvalue weighted by Gasteiger charge is -2.08. The van der Waals surface area contributed by atoms with Crippen molar-refractivity contribution in [1.29, 1.82) is 0 Å². The van der Waals surface area contributed by atoms with Crippen LogP contribution in [0, 0.1) is 6.92 Å². The van der Waals surface area contributed by atoms with Gasteiger partial charge in [-0.2, -0.15) is 0 Å². The zero-order valence-corrected chi connectivity index (χ0v) is 10.2. The van der Waals surface area contributed by atoms with Crippen LogP contribution in [0.1, 0.15) is 29.7 Å². The van der Waals surface area contributed by atoms with Crippen molar-refractivity contribution in [1.82, 2.24) is 0 Å². The second kappa shape index (κ2) is 4.26. The third-order valence-electron chi connectivity index (χ3n) is 2.90. The van der Waals surface area contributed by atoms with E-state index in [-0.39, 0.29) is 5.92 Å². The number of carbonyl (C=O) groups is 1. The molecule has 2 nitrogen and oxygen atoms in total. The molecule has 0 saturated carbocycles. The summed E-state index contributed by atoms with van der Waals surface area (Å²) < 4.78 is 1.18. The van der Waals surface area contributed by atoms with Crippen LogP contribution < -0.4 is 0 Å². The Morgan fingerprint density at radius 1 is 1.44 bits per heavy atom. The van der Waals surface area contributed by atoms with E-state index in [2.05, 4.69) is 6.07 Å². The maximum absolute atomic E-state index is 11.2. The molecule has 1 N–H and O–H groups in total. The van der Waals surface area contributed by atoms with E-state index >= 15 is 0 Å². The van der Waals surface area contributed by atoms with Crippen molar-refractivity contribution in [2.75, 3.05) is 0 Å². The zero-order valence-electron chi connectivity index (χ0n) is 9.36. The van der Waals surface area contributed by atoms with Crippen molar-refractivity contribution in [2.45, 2.75) is 26.2 Å². The van der Waals surface area contributed by atoms with Gasteiger partial charge in [-0.3, -0.25) is 4.79 Å². The lowest BCUT2D eigenvalue weighted by Crippen LogP contribution is -2.09. The van der Waals surface area contributed by atoms with E-state index in [9.17, 15) is 9.90 Å². The number of carboxylic acids is 1. The van der Waals surface area contributed by atoms with Gasteiger partial charge in [0.25, 0.3) is 0 Å². The molecule has 1 unspecified atom stereocenters. The first-order valence-corrected chi connectivity index (χ1v) is 6.17. The fourth-order valence-corrected chi connectivity index (χ4v) is 3.39. The molecule has 16 heavy (non-hydrogen) atoms. The summed E-state index contributed by atoms with van der Waals surface area (Å²) in [6.07, 6.45) is 0.642. The summed E-state index contributed by atoms with van der Waals surface area (Å²) in [6.45, 7) is 3.93. The number of hydrogen-bond donors (Lipinski definition) is 1. The van der Waals surface area contributed by atoms with Crippen molar-refractivity contribution >= 4 is 27.4 Å². The minimum Gasteiger partial charge on any atom is -0.481 e. The molecule has 0 saturated heterocycles. The van der Waals surface area contributed by atoms with Crippen molar-refractivity contribution in [3.63, 3.8) is 0 Å². The fraction of sp³-hybridized carbons (Fsp3) is 0.308. The average molecular weight is 234 g/mol. The smallest absolute Gasteiger partial charge is 0.311 e. The first kappa shape index (κ1) is 11.1. The second-order valence-corrected chi connectivity index (χ2v) is 4.97. The molecule has 2 aromatic rings. The van der Waals surface area contributed by atoms with Gasteiger partial charge in [0.05, 0.1) is 5.92 Å². The minimum atomic E-state index is -0.725. The third-order valence-corrected chi connectivity index (χ3v) is 4.29. The predicted molar refractivity (Wildman–Crippen MR) is 67.2 cm³/mol. The molecule has 2 rings (SSSR count). The third kappa shape index (κ3) is 1.71. The summed E-state index contributed by atoms with van der Waals surface area (Å²) in [5.74, 6) is -1.09. The van der Waals surface area contributed by atoms with E-state index in [0.717, 1.165) is 10.4 Å². The monoisotopic (exact) mass is 234 g/mol. The fourth-order valence-electron chi connectivity index (χ4n) is 2.00. The van der Waals surface area contributed by atoms with Crippen LogP contribution in [0.15, 0.2) is 24.3 Å². The number of carboxylic acid groups (broad SMARTS) is 1. The van der Waals surface area contributed by atoms with E-state index in [1.807, 2.05) is 32.0 Å². The molecule has 0 amide bonds. The molecule has 3 heteroatoms. The Labute approximate surface area is 98.5 Å². The van der Waals surface area contributed by atoms with Gasteiger partial charge in [0, 0.05) is 9.58 Å². The average Bonchev–Trinajstić information content (AvgIpc) is 2.58. The number of fused-ring (bicyclic) bond motifs is 1. The van der Waals surface area contributed by atoms with Crippen LogP contribution >= 0.6 is 11.3 Å². The molecular weight excluding hydrogens is 220 g/mol. The molecule has 0 spiro atoms. The lowest BCUT2D eigenvalue weighted by atomic mass is 10.0. The van der Waals surface area contributed by atoms with Gasteiger partial charge in [0.15, 0.2) is 0 Å². The normalized spacial score (nSPS) is 12.9. The van der Waals surface area contributed by atoms with E-state index in [1.165, 1.54) is 10.1 Å². The highest BCUT2D eigenvalue weighted by atomic mass is 32.1. The van der Waals surface area contributed by atoms with Gasteiger partial charge in [-0.05, 0) is 30.4 Å². The Hall–Kier alpha value is -1.35. The minimum absolute atomic E-state index is 0.364. The number of hydrogen-bond acceptors (Lipinski definition) is 2. The van der Waals surface area contributed by atoms with Crippen molar-refractivity contribution in [3.05, 3.63) is 34.7 Å². The molecule has 1 heterocycles.